The molecule has 0 aliphatic carbocycles. The third-order valence-electron chi connectivity index (χ3n) is 5.00. The molecule has 0 spiro atoms. The van der Waals surface area contributed by atoms with E-state index < -0.39 is 12.1 Å². The van der Waals surface area contributed by atoms with Gasteiger partial charge in [0.25, 0.3) is 0 Å². The second-order valence-corrected chi connectivity index (χ2v) is 6.89. The zero-order valence-electron chi connectivity index (χ0n) is 15.0. The van der Waals surface area contributed by atoms with Gasteiger partial charge in [-0.3, -0.25) is 9.69 Å². The molecule has 0 unspecified atom stereocenters. The number of piperidine rings is 1. The van der Waals surface area contributed by atoms with Gasteiger partial charge in [-0.2, -0.15) is 0 Å². The van der Waals surface area contributed by atoms with E-state index in [1.54, 1.807) is 4.90 Å². The summed E-state index contributed by atoms with van der Waals surface area (Å²) in [5.74, 6) is 0.429. The summed E-state index contributed by atoms with van der Waals surface area (Å²) in [6, 6.07) is -0.476. The van der Waals surface area contributed by atoms with Gasteiger partial charge in [0, 0.05) is 45.5 Å². The highest BCUT2D eigenvalue weighted by Crippen LogP contribution is 2.20. The normalized spacial score (nSPS) is 24.2. The summed E-state index contributed by atoms with van der Waals surface area (Å²) < 4.78 is 6.93. The number of ether oxygens (including phenoxy) is 1. The van der Waals surface area contributed by atoms with Crippen LogP contribution in [0, 0.1) is 12.8 Å². The van der Waals surface area contributed by atoms with Crippen LogP contribution in [0.1, 0.15) is 18.5 Å². The monoisotopic (exact) mass is 349 g/mol. The minimum absolute atomic E-state index is 0.0177. The van der Waals surface area contributed by atoms with Crippen LogP contribution in [-0.2, 0) is 16.1 Å². The van der Waals surface area contributed by atoms with Gasteiger partial charge in [-0.05, 0) is 25.7 Å². The number of nitrogens with zero attached hydrogens (tertiary/aromatic N) is 4. The average molecular weight is 349 g/mol. The summed E-state index contributed by atoms with van der Waals surface area (Å²) in [4.78, 5) is 32.7. The Kier molecular flexibility index (Phi) is 5.57. The molecule has 138 valence electrons. The predicted molar refractivity (Wildman–Crippen MR) is 92.0 cm³/mol. The first kappa shape index (κ1) is 17.7. The number of hydrogen-bond acceptors (Lipinski definition) is 5. The van der Waals surface area contributed by atoms with Gasteiger partial charge < -0.3 is 19.5 Å². The van der Waals surface area contributed by atoms with Crippen LogP contribution < -0.4 is 5.32 Å². The summed E-state index contributed by atoms with van der Waals surface area (Å²) in [5.41, 5.74) is 1.01. The molecule has 1 aromatic rings. The zero-order valence-corrected chi connectivity index (χ0v) is 15.0. The van der Waals surface area contributed by atoms with Crippen LogP contribution in [0.2, 0.25) is 0 Å². The second kappa shape index (κ2) is 7.86. The summed E-state index contributed by atoms with van der Waals surface area (Å²) >= 11 is 0. The molecule has 1 N–H and O–H groups in total. The number of hydrogen-bond donors (Lipinski definition) is 1. The maximum Gasteiger partial charge on any atom is 0.410 e. The molecule has 2 saturated heterocycles. The summed E-state index contributed by atoms with van der Waals surface area (Å²) in [6.45, 7) is 5.98. The van der Waals surface area contributed by atoms with Crippen molar-refractivity contribution in [2.75, 3.05) is 39.8 Å². The van der Waals surface area contributed by atoms with Crippen LogP contribution in [0.3, 0.4) is 0 Å². The van der Waals surface area contributed by atoms with Gasteiger partial charge >= 0.3 is 6.09 Å². The Bertz CT molecular complexity index is 617. The quantitative estimate of drug-likeness (QED) is 0.858. The number of likely N-dealkylation sites (tertiary alicyclic amines) is 1. The van der Waals surface area contributed by atoms with Crippen molar-refractivity contribution in [1.82, 2.24) is 24.7 Å². The van der Waals surface area contributed by atoms with E-state index in [9.17, 15) is 9.59 Å². The van der Waals surface area contributed by atoms with Gasteiger partial charge in [0.15, 0.2) is 0 Å². The second-order valence-electron chi connectivity index (χ2n) is 6.89. The van der Waals surface area contributed by atoms with Crippen LogP contribution in [0.4, 0.5) is 4.79 Å². The third-order valence-corrected chi connectivity index (χ3v) is 5.00. The van der Waals surface area contributed by atoms with E-state index in [0.29, 0.717) is 25.6 Å². The van der Waals surface area contributed by atoms with Crippen molar-refractivity contribution in [2.24, 2.45) is 5.92 Å². The van der Waals surface area contributed by atoms with Crippen LogP contribution in [0.5, 0.6) is 0 Å². The molecule has 1 aromatic heterocycles. The number of rotatable bonds is 3. The fourth-order valence-electron chi connectivity index (χ4n) is 3.76. The minimum Gasteiger partial charge on any atom is -0.453 e. The van der Waals surface area contributed by atoms with Crippen LogP contribution >= 0.6 is 0 Å². The smallest absolute Gasteiger partial charge is 0.410 e. The number of carbonyl (C=O) groups is 2. The fraction of sp³-hybridized carbons (Fsp3) is 0.706. The first-order valence-corrected chi connectivity index (χ1v) is 8.91. The van der Waals surface area contributed by atoms with Gasteiger partial charge in [0.2, 0.25) is 5.91 Å². The lowest BCUT2D eigenvalue weighted by Crippen LogP contribution is -2.61. The van der Waals surface area contributed by atoms with E-state index in [4.69, 9.17) is 4.74 Å². The van der Waals surface area contributed by atoms with Crippen LogP contribution in [0.15, 0.2) is 12.5 Å². The van der Waals surface area contributed by atoms with Gasteiger partial charge in [0.05, 0.1) is 19.1 Å². The molecule has 3 heterocycles. The summed E-state index contributed by atoms with van der Waals surface area (Å²) in [7, 11) is 1.36. The Morgan fingerprint density at radius 3 is 2.96 bits per heavy atom. The van der Waals surface area contributed by atoms with Crippen molar-refractivity contribution < 1.29 is 14.3 Å². The standard InChI is InChI=1S/C17H27N5O3/c1-13-9-20(12-19-13)10-14-4-3-6-21(11-14)16(23)15-8-18-5-7-22(15)17(24)25-2/h9,12,14-15,18H,3-8,10-11H2,1-2H3/t14-,15-/m0/s1. The maximum absolute atomic E-state index is 13.0. The van der Waals surface area contributed by atoms with E-state index in [0.717, 1.165) is 38.2 Å². The van der Waals surface area contributed by atoms with Gasteiger partial charge in [-0.15, -0.1) is 0 Å². The fourth-order valence-corrected chi connectivity index (χ4v) is 3.76. The first-order chi connectivity index (χ1) is 12.1. The Morgan fingerprint density at radius 2 is 2.24 bits per heavy atom. The molecule has 0 radical (unpaired) electrons. The molecule has 3 rings (SSSR count). The SMILES string of the molecule is COC(=O)N1CCNC[C@H]1C(=O)N1CCC[C@@H](Cn2cnc(C)c2)C1. The Morgan fingerprint density at radius 1 is 1.40 bits per heavy atom. The van der Waals surface area contributed by atoms with Crippen molar-refractivity contribution in [1.29, 1.82) is 0 Å². The molecule has 2 atom stereocenters. The Balaban J connectivity index is 1.63. The highest BCUT2D eigenvalue weighted by atomic mass is 16.5. The van der Waals surface area contributed by atoms with Crippen molar-refractivity contribution >= 4 is 12.0 Å². The molecular weight excluding hydrogens is 322 g/mol. The zero-order chi connectivity index (χ0) is 17.8. The molecule has 2 amide bonds. The molecule has 8 nitrogen and oxygen atoms in total. The van der Waals surface area contributed by atoms with Crippen LogP contribution in [0.25, 0.3) is 0 Å². The topological polar surface area (TPSA) is 79.7 Å². The van der Waals surface area contributed by atoms with Crippen molar-refractivity contribution in [3.8, 4) is 0 Å². The Hall–Kier alpha value is -2.09. The summed E-state index contributed by atoms with van der Waals surface area (Å²) in [6.07, 6.45) is 5.54. The maximum atomic E-state index is 13.0. The van der Waals surface area contributed by atoms with E-state index in [1.807, 2.05) is 24.3 Å². The average Bonchev–Trinajstić information content (AvgIpc) is 3.05. The minimum atomic E-state index is -0.476. The number of imidazole rings is 1. The number of carbonyl (C=O) groups excluding carboxylic acids is 2. The molecule has 0 aromatic carbocycles. The highest BCUT2D eigenvalue weighted by Gasteiger charge is 2.36. The number of methoxy groups -OCH3 is 1. The molecule has 0 saturated carbocycles. The highest BCUT2D eigenvalue weighted by molar-refractivity contribution is 5.86. The van der Waals surface area contributed by atoms with E-state index in [-0.39, 0.29) is 5.91 Å². The number of aryl methyl sites for hydroxylation is 1. The van der Waals surface area contributed by atoms with E-state index in [2.05, 4.69) is 14.9 Å². The third kappa shape index (κ3) is 4.12. The van der Waals surface area contributed by atoms with Gasteiger partial charge in [-0.1, -0.05) is 0 Å². The summed E-state index contributed by atoms with van der Waals surface area (Å²) in [5, 5.41) is 3.21. The number of amides is 2. The lowest BCUT2D eigenvalue weighted by molar-refractivity contribution is -0.139. The lowest BCUT2D eigenvalue weighted by atomic mass is 9.97. The molecule has 0 bridgehead atoms. The number of nitrogens with one attached hydrogen (secondary N) is 1. The van der Waals surface area contributed by atoms with E-state index >= 15 is 0 Å². The molecule has 2 aliphatic heterocycles. The molecule has 8 heteroatoms. The van der Waals surface area contributed by atoms with Crippen molar-refractivity contribution in [3.63, 3.8) is 0 Å². The number of aromatic nitrogens is 2. The van der Waals surface area contributed by atoms with E-state index in [1.165, 1.54) is 7.11 Å². The van der Waals surface area contributed by atoms with Gasteiger partial charge in [0.1, 0.15) is 6.04 Å². The Labute approximate surface area is 148 Å². The van der Waals surface area contributed by atoms with Gasteiger partial charge in [-0.25, -0.2) is 9.78 Å². The van der Waals surface area contributed by atoms with Crippen molar-refractivity contribution in [3.05, 3.63) is 18.2 Å². The lowest BCUT2D eigenvalue weighted by Gasteiger charge is -2.40. The predicted octanol–water partition coefficient (Wildman–Crippen LogP) is 0.470. The molecule has 2 fully saturated rings. The van der Waals surface area contributed by atoms with Crippen LogP contribution in [-0.4, -0.2) is 77.2 Å². The molecular formula is C17H27N5O3. The van der Waals surface area contributed by atoms with Crippen molar-refractivity contribution in [2.45, 2.75) is 32.4 Å². The molecule has 25 heavy (non-hydrogen) atoms. The first-order valence-electron chi connectivity index (χ1n) is 8.91. The number of piperazine rings is 1. The molecule has 2 aliphatic rings. The largest absolute Gasteiger partial charge is 0.453 e.